The van der Waals surface area contributed by atoms with Gasteiger partial charge >= 0.3 is 0 Å². The summed E-state index contributed by atoms with van der Waals surface area (Å²) in [6.45, 7) is -0.132. The molecule has 1 aliphatic rings. The first-order valence-electron chi connectivity index (χ1n) is 11.3. The summed E-state index contributed by atoms with van der Waals surface area (Å²) in [6.07, 6.45) is 9.52. The number of aliphatic hydroxyl groups is 1. The molecule has 2 atom stereocenters. The van der Waals surface area contributed by atoms with Crippen molar-refractivity contribution in [1.82, 2.24) is 14.6 Å². The van der Waals surface area contributed by atoms with Crippen molar-refractivity contribution in [3.05, 3.63) is 77.1 Å². The van der Waals surface area contributed by atoms with Crippen LogP contribution in [0.5, 0.6) is 0 Å². The van der Waals surface area contributed by atoms with Crippen LogP contribution in [0.3, 0.4) is 0 Å². The van der Waals surface area contributed by atoms with Crippen molar-refractivity contribution in [3.8, 4) is 11.1 Å². The fourth-order valence-corrected chi connectivity index (χ4v) is 4.66. The number of aromatic nitrogens is 3. The number of halogens is 2. The molecule has 0 amide bonds. The molecule has 8 nitrogen and oxygen atoms in total. The summed E-state index contributed by atoms with van der Waals surface area (Å²) in [4.78, 5) is 8.51. The summed E-state index contributed by atoms with van der Waals surface area (Å²) in [7, 11) is 0. The van der Waals surface area contributed by atoms with E-state index in [4.69, 9.17) is 23.1 Å². The molecule has 0 bridgehead atoms. The van der Waals surface area contributed by atoms with Crippen LogP contribution < -0.4 is 16.8 Å². The largest absolute Gasteiger partial charge is 0.392 e. The van der Waals surface area contributed by atoms with E-state index < -0.39 is 5.82 Å². The molecular formula is C25H25ClFN7O. The number of aliphatic imine (C=N–C) groups is 1. The van der Waals surface area contributed by atoms with Crippen LogP contribution in [0.15, 0.2) is 60.1 Å². The lowest BCUT2D eigenvalue weighted by Gasteiger charge is -2.18. The topological polar surface area (TPSA) is 127 Å². The van der Waals surface area contributed by atoms with Crippen LogP contribution in [-0.2, 0) is 6.61 Å². The van der Waals surface area contributed by atoms with Crippen molar-refractivity contribution in [2.45, 2.75) is 38.0 Å². The highest BCUT2D eigenvalue weighted by atomic mass is 35.5. The lowest BCUT2D eigenvalue weighted by Crippen LogP contribution is -2.24. The van der Waals surface area contributed by atoms with E-state index in [1.165, 1.54) is 18.2 Å². The predicted molar refractivity (Wildman–Crippen MR) is 135 cm³/mol. The number of benzene rings is 1. The van der Waals surface area contributed by atoms with E-state index in [9.17, 15) is 9.50 Å². The number of rotatable bonds is 6. The van der Waals surface area contributed by atoms with Crippen LogP contribution in [0, 0.1) is 5.82 Å². The van der Waals surface area contributed by atoms with E-state index in [0.717, 1.165) is 41.6 Å². The minimum atomic E-state index is -0.457. The Morgan fingerprint density at radius 2 is 2.11 bits per heavy atom. The first-order valence-corrected chi connectivity index (χ1v) is 11.7. The zero-order chi connectivity index (χ0) is 24.5. The molecule has 1 aromatic carbocycles. The molecule has 0 unspecified atom stereocenters. The Bertz CT molecular complexity index is 1420. The number of hydrogen-bond acceptors (Lipinski definition) is 6. The van der Waals surface area contributed by atoms with E-state index in [1.807, 2.05) is 18.3 Å². The van der Waals surface area contributed by atoms with Gasteiger partial charge in [-0.15, -0.1) is 0 Å². The average molecular weight is 494 g/mol. The maximum Gasteiger partial charge on any atom is 0.135 e. The highest BCUT2D eigenvalue weighted by Gasteiger charge is 2.24. The first kappa shape index (κ1) is 23.2. The summed E-state index contributed by atoms with van der Waals surface area (Å²) in [6, 6.07) is 8.07. The van der Waals surface area contributed by atoms with Crippen LogP contribution >= 0.6 is 11.6 Å². The molecule has 1 saturated carbocycles. The van der Waals surface area contributed by atoms with E-state index in [-0.39, 0.29) is 30.2 Å². The molecule has 180 valence electrons. The van der Waals surface area contributed by atoms with Crippen molar-refractivity contribution >= 4 is 34.3 Å². The Morgan fingerprint density at radius 3 is 2.89 bits per heavy atom. The number of nitrogens with two attached hydrogens (primary N) is 2. The minimum Gasteiger partial charge on any atom is -0.392 e. The second kappa shape index (κ2) is 9.61. The molecule has 0 saturated heterocycles. The summed E-state index contributed by atoms with van der Waals surface area (Å²) in [5.74, 6) is -0.305. The fourth-order valence-electron chi connectivity index (χ4n) is 4.50. The second-order valence-corrected chi connectivity index (χ2v) is 9.10. The van der Waals surface area contributed by atoms with Gasteiger partial charge in [0, 0.05) is 47.9 Å². The van der Waals surface area contributed by atoms with Gasteiger partial charge in [0.25, 0.3) is 0 Å². The molecule has 0 aliphatic heterocycles. The van der Waals surface area contributed by atoms with Crippen molar-refractivity contribution in [2.24, 2.45) is 16.5 Å². The third-order valence-electron chi connectivity index (χ3n) is 6.27. The lowest BCUT2D eigenvalue weighted by atomic mass is 10.0. The molecular weight excluding hydrogens is 469 g/mol. The standard InChI is InChI=1S/C25H25ClFN7O/c26-21-4-1-16(27)8-22(21)33-25(29)20-11-31-34-12-14(19-5-6-30-10-15(19)13-35)7-23(34)24(20)32-18-3-2-17(28)9-18/h1,4-8,10-12,17-18,32,35H,2-3,9,13,28H2,(H2,29,33)/t17-,18+/m0/s1. The van der Waals surface area contributed by atoms with E-state index in [0.29, 0.717) is 16.1 Å². The molecule has 35 heavy (non-hydrogen) atoms. The quantitative estimate of drug-likeness (QED) is 0.237. The van der Waals surface area contributed by atoms with Crippen LogP contribution in [0.25, 0.3) is 16.6 Å². The highest BCUT2D eigenvalue weighted by Crippen LogP contribution is 2.33. The Balaban J connectivity index is 1.64. The number of fused-ring (bicyclic) bond motifs is 1. The van der Waals surface area contributed by atoms with Crippen LogP contribution in [0.1, 0.15) is 30.4 Å². The maximum atomic E-state index is 13.8. The van der Waals surface area contributed by atoms with Crippen LogP contribution in [0.2, 0.25) is 5.02 Å². The number of amidine groups is 1. The third kappa shape index (κ3) is 4.70. The van der Waals surface area contributed by atoms with E-state index in [2.05, 4.69) is 20.4 Å². The van der Waals surface area contributed by atoms with Gasteiger partial charge in [0.15, 0.2) is 0 Å². The molecule has 5 rings (SSSR count). The predicted octanol–water partition coefficient (Wildman–Crippen LogP) is 4.01. The zero-order valence-electron chi connectivity index (χ0n) is 18.8. The molecule has 0 radical (unpaired) electrons. The number of anilines is 1. The van der Waals surface area contributed by atoms with Gasteiger partial charge in [-0.2, -0.15) is 5.10 Å². The molecule has 0 spiro atoms. The SMILES string of the molecule is NC(=Nc1cc(F)ccc1Cl)c1cnn2cc(-c3ccncc3CO)cc2c1N[C@@H]1CC[C@H](N)C1. The smallest absolute Gasteiger partial charge is 0.135 e. The molecule has 4 aromatic rings. The summed E-state index contributed by atoms with van der Waals surface area (Å²) in [5.41, 5.74) is 17.3. The number of nitrogens with zero attached hydrogens (tertiary/aromatic N) is 4. The highest BCUT2D eigenvalue weighted by molar-refractivity contribution is 6.33. The monoisotopic (exact) mass is 493 g/mol. The molecule has 3 aromatic heterocycles. The Hall–Kier alpha value is -3.53. The third-order valence-corrected chi connectivity index (χ3v) is 6.59. The van der Waals surface area contributed by atoms with Crippen molar-refractivity contribution in [1.29, 1.82) is 0 Å². The van der Waals surface area contributed by atoms with Crippen molar-refractivity contribution < 1.29 is 9.50 Å². The Kier molecular flexibility index (Phi) is 6.38. The molecule has 10 heteroatoms. The van der Waals surface area contributed by atoms with E-state index in [1.54, 1.807) is 23.1 Å². The normalized spacial score (nSPS) is 18.3. The number of hydrogen-bond donors (Lipinski definition) is 4. The van der Waals surface area contributed by atoms with Crippen molar-refractivity contribution in [3.63, 3.8) is 0 Å². The van der Waals surface area contributed by atoms with Gasteiger partial charge in [0.1, 0.15) is 11.7 Å². The maximum absolute atomic E-state index is 13.8. The first-order chi connectivity index (χ1) is 16.9. The number of pyridine rings is 1. The lowest BCUT2D eigenvalue weighted by molar-refractivity contribution is 0.282. The van der Waals surface area contributed by atoms with E-state index >= 15 is 0 Å². The second-order valence-electron chi connectivity index (χ2n) is 8.69. The molecule has 1 aliphatic carbocycles. The summed E-state index contributed by atoms with van der Waals surface area (Å²) < 4.78 is 15.5. The average Bonchev–Trinajstić information content (AvgIpc) is 3.47. The van der Waals surface area contributed by atoms with Gasteiger partial charge in [0.2, 0.25) is 0 Å². The van der Waals surface area contributed by atoms with Gasteiger partial charge in [-0.3, -0.25) is 4.98 Å². The van der Waals surface area contributed by atoms with Gasteiger partial charge in [0.05, 0.1) is 40.3 Å². The van der Waals surface area contributed by atoms with Gasteiger partial charge in [-0.05, 0) is 49.1 Å². The number of nitrogens with one attached hydrogen (secondary N) is 1. The zero-order valence-corrected chi connectivity index (χ0v) is 19.6. The van der Waals surface area contributed by atoms with Gasteiger partial charge < -0.3 is 21.9 Å². The molecule has 3 heterocycles. The molecule has 6 N–H and O–H groups in total. The summed E-state index contributed by atoms with van der Waals surface area (Å²) >= 11 is 6.21. The fraction of sp³-hybridized carbons (Fsp3) is 0.240. The Morgan fingerprint density at radius 1 is 1.26 bits per heavy atom. The number of aliphatic hydroxyl groups excluding tert-OH is 1. The van der Waals surface area contributed by atoms with Gasteiger partial charge in [-0.25, -0.2) is 13.9 Å². The van der Waals surface area contributed by atoms with Crippen LogP contribution in [0.4, 0.5) is 15.8 Å². The minimum absolute atomic E-state index is 0.132. The van der Waals surface area contributed by atoms with Crippen molar-refractivity contribution in [2.75, 3.05) is 5.32 Å². The Labute approximate surface area is 206 Å². The molecule has 1 fully saturated rings. The summed E-state index contributed by atoms with van der Waals surface area (Å²) in [5, 5.41) is 18.2. The van der Waals surface area contributed by atoms with Crippen LogP contribution in [-0.4, -0.2) is 37.6 Å². The van der Waals surface area contributed by atoms with Gasteiger partial charge in [-0.1, -0.05) is 11.6 Å².